The quantitative estimate of drug-likeness (QED) is 0.367. The van der Waals surface area contributed by atoms with E-state index in [1.807, 2.05) is 4.98 Å². The highest BCUT2D eigenvalue weighted by molar-refractivity contribution is 4.93. The Kier molecular flexibility index (Phi) is 5.64. The first-order chi connectivity index (χ1) is 12.1. The minimum absolute atomic E-state index is 0.639. The van der Waals surface area contributed by atoms with Gasteiger partial charge < -0.3 is 19.9 Å². The molecular weight excluding hydrogens is 362 g/mol. The lowest BCUT2D eigenvalue weighted by Crippen LogP contribution is -2.38. The van der Waals surface area contributed by atoms with E-state index in [9.17, 15) is 38.2 Å². The van der Waals surface area contributed by atoms with E-state index in [0.29, 0.717) is 17.0 Å². The standard InChI is InChI=1S/C9H11FN2O5.C4H3FN2O2/c1-3-5(13)6(14)8(17-3)12-2-4(10)7(15)11-9(12)16;5-2-1-6-4(9)7-3(2)8/h2-3,5-6,8,13-14H,1H3,(H,11,15,16);1H,(H2,6,7,8,9)/t3-,5-,6-,8-;/m1./s1. The van der Waals surface area contributed by atoms with Crippen LogP contribution < -0.4 is 22.5 Å². The van der Waals surface area contributed by atoms with E-state index in [0.717, 1.165) is 0 Å². The molecule has 142 valence electrons. The molecule has 0 saturated carbocycles. The third kappa shape index (κ3) is 4.01. The number of aliphatic hydroxyl groups excluding tert-OH is 2. The molecule has 3 heterocycles. The van der Waals surface area contributed by atoms with Gasteiger partial charge >= 0.3 is 11.4 Å². The average Bonchev–Trinajstić information content (AvgIpc) is 2.83. The second-order valence-corrected chi connectivity index (χ2v) is 5.28. The molecule has 26 heavy (non-hydrogen) atoms. The fraction of sp³-hybridized carbons (Fsp3) is 0.385. The van der Waals surface area contributed by atoms with E-state index in [1.165, 1.54) is 6.92 Å². The SMILES string of the molecule is C[C@H]1O[C@@H](n2cc(F)c(=O)[nH]c2=O)[C@H](O)[C@@H]1O.O=c1[nH]cc(F)c(=O)[nH]1. The van der Waals surface area contributed by atoms with Crippen molar-refractivity contribution >= 4 is 0 Å². The van der Waals surface area contributed by atoms with Crippen molar-refractivity contribution in [3.8, 4) is 0 Å². The zero-order chi connectivity index (χ0) is 19.6. The second kappa shape index (κ2) is 7.55. The van der Waals surface area contributed by atoms with Crippen LogP contribution in [0.4, 0.5) is 8.78 Å². The molecule has 0 radical (unpaired) electrons. The Morgan fingerprint density at radius 3 is 2.15 bits per heavy atom. The molecule has 1 aliphatic rings. The van der Waals surface area contributed by atoms with Gasteiger partial charge in [-0.05, 0) is 6.92 Å². The first-order valence-corrected chi connectivity index (χ1v) is 7.12. The van der Waals surface area contributed by atoms with Crippen LogP contribution in [0.2, 0.25) is 0 Å². The summed E-state index contributed by atoms with van der Waals surface area (Å²) in [5.41, 5.74) is -3.77. The van der Waals surface area contributed by atoms with Gasteiger partial charge in [-0.25, -0.2) is 9.59 Å². The molecule has 0 bridgehead atoms. The molecule has 1 saturated heterocycles. The number of nitrogens with zero attached hydrogens (tertiary/aromatic N) is 1. The lowest BCUT2D eigenvalue weighted by Gasteiger charge is -2.16. The monoisotopic (exact) mass is 376 g/mol. The van der Waals surface area contributed by atoms with Crippen LogP contribution in [0.1, 0.15) is 13.2 Å². The summed E-state index contributed by atoms with van der Waals surface area (Å²) in [5.74, 6) is -2.16. The van der Waals surface area contributed by atoms with Gasteiger partial charge in [0.2, 0.25) is 11.6 Å². The van der Waals surface area contributed by atoms with Gasteiger partial charge in [0.1, 0.15) is 12.2 Å². The molecule has 1 fully saturated rings. The summed E-state index contributed by atoms with van der Waals surface area (Å²) in [5, 5.41) is 19.1. The summed E-state index contributed by atoms with van der Waals surface area (Å²) in [4.78, 5) is 48.0. The predicted molar refractivity (Wildman–Crippen MR) is 80.5 cm³/mol. The Labute approximate surface area is 141 Å². The normalized spacial score (nSPS) is 24.8. The largest absolute Gasteiger partial charge is 0.388 e. The van der Waals surface area contributed by atoms with Crippen molar-refractivity contribution in [2.24, 2.45) is 0 Å². The van der Waals surface area contributed by atoms with Crippen LogP contribution >= 0.6 is 0 Å². The van der Waals surface area contributed by atoms with E-state index in [-0.39, 0.29) is 0 Å². The molecule has 1 aliphatic heterocycles. The zero-order valence-electron chi connectivity index (χ0n) is 13.1. The molecule has 2 aromatic heterocycles. The van der Waals surface area contributed by atoms with Crippen LogP contribution in [0.15, 0.2) is 31.6 Å². The summed E-state index contributed by atoms with van der Waals surface area (Å²) < 4.78 is 30.8. The van der Waals surface area contributed by atoms with Gasteiger partial charge in [0.05, 0.1) is 12.3 Å². The molecule has 0 aromatic carbocycles. The van der Waals surface area contributed by atoms with Gasteiger partial charge in [-0.3, -0.25) is 24.1 Å². The number of nitrogens with one attached hydrogen (secondary N) is 3. The average molecular weight is 376 g/mol. The Morgan fingerprint density at radius 1 is 1.04 bits per heavy atom. The lowest BCUT2D eigenvalue weighted by atomic mass is 10.1. The number of H-pyrrole nitrogens is 3. The second-order valence-electron chi connectivity index (χ2n) is 5.28. The van der Waals surface area contributed by atoms with E-state index in [2.05, 4.69) is 0 Å². The van der Waals surface area contributed by atoms with Crippen LogP contribution in [0.5, 0.6) is 0 Å². The van der Waals surface area contributed by atoms with Crippen molar-refractivity contribution in [2.45, 2.75) is 31.5 Å². The smallest absolute Gasteiger partial charge is 0.330 e. The summed E-state index contributed by atoms with van der Waals surface area (Å²) in [7, 11) is 0. The molecule has 0 spiro atoms. The molecule has 3 rings (SSSR count). The number of aromatic amines is 3. The summed E-state index contributed by atoms with van der Waals surface area (Å²) >= 11 is 0. The van der Waals surface area contributed by atoms with Crippen LogP contribution in [0, 0.1) is 11.6 Å². The van der Waals surface area contributed by atoms with Gasteiger partial charge in [0.15, 0.2) is 6.23 Å². The van der Waals surface area contributed by atoms with Gasteiger partial charge in [-0.2, -0.15) is 8.78 Å². The zero-order valence-corrected chi connectivity index (χ0v) is 13.1. The molecule has 4 atom stereocenters. The maximum absolute atomic E-state index is 13.0. The maximum atomic E-state index is 13.0. The Morgan fingerprint density at radius 2 is 1.65 bits per heavy atom. The Balaban J connectivity index is 0.000000228. The Bertz CT molecular complexity index is 1010. The number of hydrogen-bond donors (Lipinski definition) is 5. The summed E-state index contributed by atoms with van der Waals surface area (Å²) in [6.07, 6.45) is -3.12. The first kappa shape index (κ1) is 19.4. The van der Waals surface area contributed by atoms with E-state index >= 15 is 0 Å². The predicted octanol–water partition coefficient (Wildman–Crippen LogP) is -2.48. The third-order valence-corrected chi connectivity index (χ3v) is 3.45. The van der Waals surface area contributed by atoms with Gasteiger partial charge in [0.25, 0.3) is 11.1 Å². The minimum atomic E-state index is -1.37. The number of ether oxygens (including phenoxy) is 1. The molecule has 5 N–H and O–H groups in total. The minimum Gasteiger partial charge on any atom is -0.388 e. The van der Waals surface area contributed by atoms with Crippen LogP contribution in [-0.4, -0.2) is 48.0 Å². The van der Waals surface area contributed by atoms with E-state index in [1.54, 1.807) is 9.97 Å². The lowest BCUT2D eigenvalue weighted by molar-refractivity contribution is -0.0356. The van der Waals surface area contributed by atoms with Crippen molar-refractivity contribution in [3.05, 3.63) is 65.7 Å². The summed E-state index contributed by atoms with van der Waals surface area (Å²) in [6, 6.07) is 0. The van der Waals surface area contributed by atoms with Crippen molar-refractivity contribution in [1.82, 2.24) is 19.5 Å². The highest BCUT2D eigenvalue weighted by atomic mass is 19.1. The van der Waals surface area contributed by atoms with Gasteiger partial charge in [-0.1, -0.05) is 0 Å². The number of halogens is 2. The fourth-order valence-electron chi connectivity index (χ4n) is 2.10. The van der Waals surface area contributed by atoms with Crippen LogP contribution in [-0.2, 0) is 4.74 Å². The van der Waals surface area contributed by atoms with Crippen LogP contribution in [0.25, 0.3) is 0 Å². The van der Waals surface area contributed by atoms with Crippen molar-refractivity contribution in [2.75, 3.05) is 0 Å². The molecule has 0 amide bonds. The third-order valence-electron chi connectivity index (χ3n) is 3.45. The number of aromatic nitrogens is 4. The number of hydrogen-bond acceptors (Lipinski definition) is 7. The number of aliphatic hydroxyl groups is 2. The molecule has 13 heteroatoms. The van der Waals surface area contributed by atoms with E-state index in [4.69, 9.17) is 4.74 Å². The van der Waals surface area contributed by atoms with Crippen molar-refractivity contribution < 1.29 is 23.7 Å². The Hall–Kier alpha value is -2.90. The molecule has 11 nitrogen and oxygen atoms in total. The van der Waals surface area contributed by atoms with Gasteiger partial charge in [-0.15, -0.1) is 0 Å². The molecular formula is C13H14F2N4O7. The van der Waals surface area contributed by atoms with Crippen LogP contribution in [0.3, 0.4) is 0 Å². The highest BCUT2D eigenvalue weighted by Gasteiger charge is 2.41. The molecule has 2 aromatic rings. The van der Waals surface area contributed by atoms with Crippen molar-refractivity contribution in [3.63, 3.8) is 0 Å². The molecule has 0 unspecified atom stereocenters. The van der Waals surface area contributed by atoms with E-state index < -0.39 is 58.7 Å². The van der Waals surface area contributed by atoms with Crippen molar-refractivity contribution in [1.29, 1.82) is 0 Å². The van der Waals surface area contributed by atoms with Gasteiger partial charge in [0, 0.05) is 6.20 Å². The topological polar surface area (TPSA) is 170 Å². The highest BCUT2D eigenvalue weighted by Crippen LogP contribution is 2.27. The number of rotatable bonds is 1. The first-order valence-electron chi connectivity index (χ1n) is 7.12. The fourth-order valence-corrected chi connectivity index (χ4v) is 2.10. The molecule has 0 aliphatic carbocycles. The maximum Gasteiger partial charge on any atom is 0.330 e. The summed E-state index contributed by atoms with van der Waals surface area (Å²) in [6.45, 7) is 1.50.